The van der Waals surface area contributed by atoms with Gasteiger partial charge in [-0.05, 0) is 49.3 Å². The summed E-state index contributed by atoms with van der Waals surface area (Å²) < 4.78 is 0. The van der Waals surface area contributed by atoms with Crippen molar-refractivity contribution in [2.45, 2.75) is 51.9 Å². The van der Waals surface area contributed by atoms with Crippen LogP contribution in [0.5, 0.6) is 0 Å². The second kappa shape index (κ2) is 10.5. The molecule has 0 aromatic heterocycles. The van der Waals surface area contributed by atoms with Crippen LogP contribution >= 0.6 is 0 Å². The third kappa shape index (κ3) is 6.13. The molecule has 0 radical (unpaired) electrons. The molecular weight excluding hydrogens is 366 g/mol. The molecule has 158 valence electrons. The van der Waals surface area contributed by atoms with Crippen molar-refractivity contribution in [2.24, 2.45) is 0 Å². The van der Waals surface area contributed by atoms with E-state index in [1.54, 1.807) is 0 Å². The molecule has 0 saturated carbocycles. The number of nitrogens with one attached hydrogen (secondary N) is 1. The van der Waals surface area contributed by atoms with Crippen molar-refractivity contribution in [1.82, 2.24) is 15.1 Å². The summed E-state index contributed by atoms with van der Waals surface area (Å²) >= 11 is 0. The monoisotopic (exact) mass is 399 g/mol. The van der Waals surface area contributed by atoms with Crippen LogP contribution in [0.3, 0.4) is 0 Å². The molecule has 3 rings (SSSR count). The molecule has 1 heterocycles. The quantitative estimate of drug-likeness (QED) is 0.681. The molecule has 0 spiro atoms. The minimum absolute atomic E-state index is 0.0337. The second-order valence-corrected chi connectivity index (χ2v) is 8.12. The lowest BCUT2D eigenvalue weighted by Gasteiger charge is -2.34. The number of benzene rings is 1. The van der Waals surface area contributed by atoms with E-state index in [-0.39, 0.29) is 30.4 Å². The maximum Gasteiger partial charge on any atom is 0.234 e. The predicted octanol–water partition coefficient (Wildman–Crippen LogP) is 2.20. The maximum absolute atomic E-state index is 12.6. The van der Waals surface area contributed by atoms with E-state index < -0.39 is 0 Å². The number of hydrogen-bond acceptors (Lipinski definition) is 4. The molecule has 0 unspecified atom stereocenters. The fourth-order valence-corrected chi connectivity index (χ4v) is 4.11. The van der Waals surface area contributed by atoms with Crippen molar-refractivity contribution in [3.63, 3.8) is 0 Å². The fourth-order valence-electron chi connectivity index (χ4n) is 4.11. The first-order valence-corrected chi connectivity index (χ1v) is 11.0. The Balaban J connectivity index is 1.41. The lowest BCUT2D eigenvalue weighted by molar-refractivity contribution is -0.133. The highest BCUT2D eigenvalue weighted by atomic mass is 16.2. The van der Waals surface area contributed by atoms with Gasteiger partial charge in [-0.25, -0.2) is 0 Å². The van der Waals surface area contributed by atoms with Crippen molar-refractivity contribution >= 4 is 17.6 Å². The summed E-state index contributed by atoms with van der Waals surface area (Å²) in [5.41, 5.74) is 3.40. The lowest BCUT2D eigenvalue weighted by atomic mass is 9.89. The van der Waals surface area contributed by atoms with E-state index in [4.69, 9.17) is 0 Å². The predicted molar refractivity (Wildman–Crippen MR) is 113 cm³/mol. The van der Waals surface area contributed by atoms with E-state index in [9.17, 15) is 14.4 Å². The summed E-state index contributed by atoms with van der Waals surface area (Å²) in [4.78, 5) is 40.8. The van der Waals surface area contributed by atoms with Gasteiger partial charge in [0.25, 0.3) is 0 Å². The van der Waals surface area contributed by atoms with Gasteiger partial charge in [-0.3, -0.25) is 19.3 Å². The zero-order chi connectivity index (χ0) is 20.6. The number of fused-ring (bicyclic) bond motifs is 1. The van der Waals surface area contributed by atoms with Crippen LogP contribution in [0.4, 0.5) is 0 Å². The molecule has 0 atom stereocenters. The van der Waals surface area contributed by atoms with E-state index >= 15 is 0 Å². The Bertz CT molecular complexity index is 739. The zero-order valence-electron chi connectivity index (χ0n) is 17.5. The number of Topliss-reactive ketones (excluding diaryl/α,β-unsaturated/α-hetero) is 1. The van der Waals surface area contributed by atoms with Crippen LogP contribution in [0.2, 0.25) is 0 Å². The number of hydrogen-bond donors (Lipinski definition) is 1. The molecule has 1 aromatic carbocycles. The van der Waals surface area contributed by atoms with Gasteiger partial charge in [-0.1, -0.05) is 19.1 Å². The van der Waals surface area contributed by atoms with Crippen LogP contribution in [0.15, 0.2) is 18.2 Å². The minimum Gasteiger partial charge on any atom is -0.355 e. The van der Waals surface area contributed by atoms with Gasteiger partial charge in [-0.15, -0.1) is 0 Å². The third-order valence-corrected chi connectivity index (χ3v) is 5.90. The normalized spacial score (nSPS) is 16.9. The van der Waals surface area contributed by atoms with Crippen molar-refractivity contribution in [2.75, 3.05) is 39.3 Å². The van der Waals surface area contributed by atoms with Crippen LogP contribution in [0, 0.1) is 0 Å². The summed E-state index contributed by atoms with van der Waals surface area (Å²) in [5.74, 6) is 0.131. The van der Waals surface area contributed by atoms with Gasteiger partial charge in [0.05, 0.1) is 6.54 Å². The van der Waals surface area contributed by atoms with E-state index in [1.165, 1.54) is 24.0 Å². The highest BCUT2D eigenvalue weighted by Crippen LogP contribution is 2.23. The molecule has 1 aliphatic heterocycles. The molecule has 1 fully saturated rings. The molecule has 1 saturated heterocycles. The Hall–Kier alpha value is -2.21. The standard InChI is InChI=1S/C23H33N3O3/c1-2-11-24-22(28)17-25-12-14-26(15-13-25)23(29)10-9-21(27)20-8-7-18-5-3-4-6-19(18)16-20/h7-8,16H,2-6,9-15,17H2,1H3,(H,24,28). The largest absolute Gasteiger partial charge is 0.355 e. The van der Waals surface area contributed by atoms with Crippen molar-refractivity contribution in [3.8, 4) is 0 Å². The minimum atomic E-state index is 0.0337. The Morgan fingerprint density at radius 3 is 2.41 bits per heavy atom. The van der Waals surface area contributed by atoms with Crippen LogP contribution < -0.4 is 5.32 Å². The van der Waals surface area contributed by atoms with Crippen molar-refractivity contribution in [1.29, 1.82) is 0 Å². The van der Waals surface area contributed by atoms with Gasteiger partial charge in [0, 0.05) is 51.1 Å². The molecule has 2 aliphatic rings. The Labute approximate surface area is 173 Å². The summed E-state index contributed by atoms with van der Waals surface area (Å²) in [6, 6.07) is 6.03. The number of ketones is 1. The van der Waals surface area contributed by atoms with Gasteiger partial charge in [0.15, 0.2) is 5.78 Å². The number of amides is 2. The smallest absolute Gasteiger partial charge is 0.234 e. The van der Waals surface area contributed by atoms with E-state index in [1.807, 2.05) is 24.0 Å². The van der Waals surface area contributed by atoms with E-state index in [0.29, 0.717) is 39.3 Å². The second-order valence-electron chi connectivity index (χ2n) is 8.12. The van der Waals surface area contributed by atoms with Crippen LogP contribution in [-0.4, -0.2) is 66.7 Å². The van der Waals surface area contributed by atoms with Gasteiger partial charge >= 0.3 is 0 Å². The Kier molecular flexibility index (Phi) is 7.81. The van der Waals surface area contributed by atoms with Crippen LogP contribution in [-0.2, 0) is 22.4 Å². The molecule has 1 N–H and O–H groups in total. The number of rotatable bonds is 8. The number of carbonyl (C=O) groups excluding carboxylic acids is 3. The number of aryl methyl sites for hydroxylation is 2. The zero-order valence-corrected chi connectivity index (χ0v) is 17.5. The first-order chi connectivity index (χ1) is 14.1. The lowest BCUT2D eigenvalue weighted by Crippen LogP contribution is -2.51. The topological polar surface area (TPSA) is 69.7 Å². The Morgan fingerprint density at radius 1 is 0.966 bits per heavy atom. The highest BCUT2D eigenvalue weighted by molar-refractivity contribution is 5.98. The average Bonchev–Trinajstić information content (AvgIpc) is 2.76. The van der Waals surface area contributed by atoms with E-state index in [2.05, 4.69) is 16.3 Å². The van der Waals surface area contributed by atoms with Gasteiger partial charge in [0.1, 0.15) is 0 Å². The number of nitrogens with zero attached hydrogens (tertiary/aromatic N) is 2. The first kappa shape index (κ1) is 21.5. The molecule has 6 heteroatoms. The average molecular weight is 400 g/mol. The SMILES string of the molecule is CCCNC(=O)CN1CCN(C(=O)CCC(=O)c2ccc3c(c2)CCCC3)CC1. The molecule has 0 bridgehead atoms. The summed E-state index contributed by atoms with van der Waals surface area (Å²) in [7, 11) is 0. The molecule has 1 aliphatic carbocycles. The van der Waals surface area contributed by atoms with Gasteiger partial charge in [0.2, 0.25) is 11.8 Å². The molecule has 29 heavy (non-hydrogen) atoms. The Morgan fingerprint density at radius 2 is 1.69 bits per heavy atom. The van der Waals surface area contributed by atoms with Crippen molar-refractivity contribution in [3.05, 3.63) is 34.9 Å². The molecular formula is C23H33N3O3. The summed E-state index contributed by atoms with van der Waals surface area (Å²) in [5, 5.41) is 2.88. The fraction of sp³-hybridized carbons (Fsp3) is 0.609. The summed E-state index contributed by atoms with van der Waals surface area (Å²) in [6.07, 6.45) is 6.02. The highest BCUT2D eigenvalue weighted by Gasteiger charge is 2.23. The molecule has 6 nitrogen and oxygen atoms in total. The maximum atomic E-state index is 12.6. The molecule has 1 aromatic rings. The first-order valence-electron chi connectivity index (χ1n) is 11.0. The van der Waals surface area contributed by atoms with Crippen molar-refractivity contribution < 1.29 is 14.4 Å². The van der Waals surface area contributed by atoms with Gasteiger partial charge in [-0.2, -0.15) is 0 Å². The number of carbonyl (C=O) groups is 3. The van der Waals surface area contributed by atoms with E-state index in [0.717, 1.165) is 24.8 Å². The van der Waals surface area contributed by atoms with Crippen LogP contribution in [0.25, 0.3) is 0 Å². The summed E-state index contributed by atoms with van der Waals surface area (Å²) in [6.45, 7) is 5.75. The van der Waals surface area contributed by atoms with Crippen LogP contribution in [0.1, 0.15) is 60.5 Å². The number of piperazine rings is 1. The third-order valence-electron chi connectivity index (χ3n) is 5.90. The molecule has 2 amide bonds. The van der Waals surface area contributed by atoms with Gasteiger partial charge < -0.3 is 10.2 Å².